The van der Waals surface area contributed by atoms with Gasteiger partial charge in [0.25, 0.3) is 23.6 Å². The number of hydrogen-bond acceptors (Lipinski definition) is 22. The Morgan fingerprint density at radius 2 is 0.669 bits per heavy atom. The molecule has 0 bridgehead atoms. The number of ether oxygens (including phenoxy) is 12. The zero-order chi connectivity index (χ0) is 86.0. The second-order valence-electron chi connectivity index (χ2n) is 31.3. The van der Waals surface area contributed by atoms with E-state index in [1.807, 2.05) is 168 Å². The molecule has 0 aliphatic carbocycles. The molecule has 26 nitrogen and oxygen atoms in total. The van der Waals surface area contributed by atoms with Crippen LogP contribution in [0.15, 0.2) is 190 Å². The molecule has 8 aliphatic heterocycles. The van der Waals surface area contributed by atoms with Crippen LogP contribution in [0.1, 0.15) is 138 Å². The molecule has 4 amide bonds. The number of amides is 4. The number of nitrogens with one attached hydrogen (secondary N) is 1. The van der Waals surface area contributed by atoms with Gasteiger partial charge in [-0.1, -0.05) is 66.2 Å². The molecule has 3 N–H and O–H groups in total. The van der Waals surface area contributed by atoms with Crippen molar-refractivity contribution < 1.29 is 76.0 Å². The first kappa shape index (κ1) is 86.2. The smallest absolute Gasteiger partial charge is 0.260 e. The van der Waals surface area contributed by atoms with Gasteiger partial charge in [-0.3, -0.25) is 39.1 Å². The number of aliphatic imine (C=N–C) groups is 4. The van der Waals surface area contributed by atoms with Crippen LogP contribution in [0.4, 0.5) is 28.4 Å². The number of fused-ring (bicyclic) bond motifs is 8. The molecule has 124 heavy (non-hydrogen) atoms. The van der Waals surface area contributed by atoms with E-state index in [9.17, 15) is 19.2 Å². The largest absolute Gasteiger partial charge is 0.494 e. The van der Waals surface area contributed by atoms with Crippen LogP contribution in [-0.2, 0) is 18.9 Å². The lowest BCUT2D eigenvalue weighted by molar-refractivity contribution is 0.000164. The number of nitrogens with two attached hydrogens (primary N) is 1. The molecule has 8 heterocycles. The van der Waals surface area contributed by atoms with Gasteiger partial charge in [0.05, 0.1) is 163 Å². The van der Waals surface area contributed by atoms with Gasteiger partial charge >= 0.3 is 0 Å². The Morgan fingerprint density at radius 3 is 1.05 bits per heavy atom. The molecule has 16 rings (SSSR count). The molecule has 0 saturated carbocycles. The highest BCUT2D eigenvalue weighted by Crippen LogP contribution is 2.45. The molecule has 0 saturated heterocycles. The van der Waals surface area contributed by atoms with E-state index in [4.69, 9.17) is 82.5 Å². The van der Waals surface area contributed by atoms with Gasteiger partial charge in [0.1, 0.15) is 29.6 Å². The Morgan fingerprint density at radius 1 is 0.347 bits per heavy atom. The topological polar surface area (TPSA) is 279 Å². The molecule has 0 fully saturated rings. The Labute approximate surface area is 723 Å². The van der Waals surface area contributed by atoms with Crippen LogP contribution in [0, 0.1) is 20.8 Å². The molecule has 26 heteroatoms. The first-order chi connectivity index (χ1) is 60.6. The summed E-state index contributed by atoms with van der Waals surface area (Å²) in [7, 11) is 6.70. The molecule has 8 aromatic rings. The highest BCUT2D eigenvalue weighted by atomic mass is 16.6. The van der Waals surface area contributed by atoms with Crippen LogP contribution in [0.25, 0.3) is 22.3 Å². The van der Waals surface area contributed by atoms with E-state index in [0.29, 0.717) is 203 Å². The molecular weight excluding hydrogens is 1570 g/mol. The van der Waals surface area contributed by atoms with Crippen molar-refractivity contribution in [2.75, 3.05) is 127 Å². The van der Waals surface area contributed by atoms with E-state index >= 15 is 0 Å². The highest BCUT2D eigenvalue weighted by Gasteiger charge is 2.38. The molecule has 0 aromatic heterocycles. The lowest BCUT2D eigenvalue weighted by Crippen LogP contribution is -2.32. The number of nitrogen functional groups attached to an aromatic ring is 1. The average Bonchev–Trinajstić information content (AvgIpc) is 1.63. The minimum Gasteiger partial charge on any atom is -0.494 e. The van der Waals surface area contributed by atoms with Crippen molar-refractivity contribution in [3.05, 3.63) is 232 Å². The number of carbonyl (C=O) groups excluding carboxylic acids is 4. The lowest BCUT2D eigenvalue weighted by atomic mass is 10.0. The SMILES string of the molecule is CNCCCOc1ccc(C2=CN3C(=O)c4cc(OC)c(OCCCOc5cc6c(cc5C)C(=O)N5C=C(c7ccc(C)cc7)C[C@H]5C=N6)cc4N=C[C@@H]3C2)cc1.COCCOCCOCCOCCOc1ccc(C2=CN3C(=O)c4cc(OC)c(OCCCCCOc5cc6c(cc5C)C(=O)N5C=C(c7ccc(N)cc7)C[C@H]5C=N6)cc4N=C[C@@H]3C2)cc1. The van der Waals surface area contributed by atoms with Crippen LogP contribution in [0.2, 0.25) is 0 Å². The van der Waals surface area contributed by atoms with Crippen molar-refractivity contribution in [2.45, 2.75) is 103 Å². The number of unbranched alkanes of at least 4 members (excludes halogenated alkanes) is 2. The van der Waals surface area contributed by atoms with Crippen LogP contribution in [-0.4, -0.2) is 213 Å². The molecule has 0 unspecified atom stereocenters. The van der Waals surface area contributed by atoms with Crippen molar-refractivity contribution in [1.29, 1.82) is 0 Å². The summed E-state index contributed by atoms with van der Waals surface area (Å²) in [5, 5.41) is 3.12. The quantitative estimate of drug-likeness (QED) is 0.0269. The summed E-state index contributed by atoms with van der Waals surface area (Å²) in [5.74, 6) is 4.48. The Balaban J connectivity index is 0.000000194. The zero-order valence-corrected chi connectivity index (χ0v) is 71.2. The van der Waals surface area contributed by atoms with Gasteiger partial charge in [-0.05, 0) is 176 Å². The highest BCUT2D eigenvalue weighted by molar-refractivity contribution is 6.09. The fourth-order valence-electron chi connectivity index (χ4n) is 15.8. The molecule has 8 aromatic carbocycles. The van der Waals surface area contributed by atoms with Gasteiger partial charge in [0.2, 0.25) is 0 Å². The monoisotopic (exact) mass is 1680 g/mol. The third-order valence-corrected chi connectivity index (χ3v) is 22.7. The van der Waals surface area contributed by atoms with Crippen LogP contribution in [0.5, 0.6) is 46.0 Å². The zero-order valence-electron chi connectivity index (χ0n) is 71.2. The van der Waals surface area contributed by atoms with Gasteiger partial charge in [-0.15, -0.1) is 0 Å². The predicted octanol–water partition coefficient (Wildman–Crippen LogP) is 16.3. The van der Waals surface area contributed by atoms with Crippen LogP contribution < -0.4 is 48.9 Å². The van der Waals surface area contributed by atoms with E-state index in [1.165, 1.54) is 5.56 Å². The number of anilines is 1. The van der Waals surface area contributed by atoms with Crippen molar-refractivity contribution in [2.24, 2.45) is 20.0 Å². The summed E-state index contributed by atoms with van der Waals surface area (Å²) >= 11 is 0. The van der Waals surface area contributed by atoms with Crippen LogP contribution in [0.3, 0.4) is 0 Å². The Hall–Kier alpha value is -12.7. The Bertz CT molecular complexity index is 5450. The number of hydrogen-bond donors (Lipinski definition) is 2. The van der Waals surface area contributed by atoms with Gasteiger partial charge in [-0.2, -0.15) is 0 Å². The fraction of sp³-hybridized carbons (Fsp3) is 0.347. The summed E-state index contributed by atoms with van der Waals surface area (Å²) in [5.41, 5.74) is 22.3. The molecular formula is C98H106N10O16. The predicted molar refractivity (Wildman–Crippen MR) is 480 cm³/mol. The van der Waals surface area contributed by atoms with Gasteiger partial charge in [0, 0.05) is 119 Å². The first-order valence-corrected chi connectivity index (χ1v) is 42.4. The maximum Gasteiger partial charge on any atom is 0.260 e. The molecule has 4 atom stereocenters. The maximum absolute atomic E-state index is 13.9. The summed E-state index contributed by atoms with van der Waals surface area (Å²) < 4.78 is 69.2. The van der Waals surface area contributed by atoms with E-state index in [0.717, 1.165) is 99.4 Å². The maximum atomic E-state index is 13.9. The summed E-state index contributed by atoms with van der Waals surface area (Å²) in [6, 6.07) is 45.7. The average molecular weight is 1680 g/mol. The molecule has 0 spiro atoms. The molecule has 0 radical (unpaired) electrons. The van der Waals surface area contributed by atoms with E-state index < -0.39 is 0 Å². The second kappa shape index (κ2) is 41.0. The normalized spacial score (nSPS) is 17.4. The summed E-state index contributed by atoms with van der Waals surface area (Å²) in [6.07, 6.45) is 21.8. The number of benzene rings is 8. The Kier molecular flexibility index (Phi) is 28.5. The van der Waals surface area contributed by atoms with Crippen molar-refractivity contribution in [3.8, 4) is 46.0 Å². The van der Waals surface area contributed by atoms with Gasteiger partial charge in [-0.25, -0.2) is 0 Å². The van der Waals surface area contributed by atoms with Gasteiger partial charge < -0.3 is 87.5 Å². The molecule has 8 aliphatic rings. The molecule has 644 valence electrons. The summed E-state index contributed by atoms with van der Waals surface area (Å²) in [4.78, 5) is 81.2. The minimum absolute atomic E-state index is 0.0663. The van der Waals surface area contributed by atoms with Gasteiger partial charge in [0.15, 0.2) is 23.0 Å². The fourth-order valence-corrected chi connectivity index (χ4v) is 15.8. The lowest BCUT2D eigenvalue weighted by Gasteiger charge is -2.19. The third kappa shape index (κ3) is 20.6. The standard InChI is InChI=1S/C52H59N5O10.C46H47N5O6/c1-35-25-44-46(54-31-41-26-38(33-56(41)51(44)58)36-7-11-40(53)12-8-36)29-48(35)66-15-5-4-6-16-67-50-30-47-45(28-49(50)61-3)52(59)57-34-39(27-42(57)32-55-47)37-9-13-43(14-10-37)65-24-23-64-22-21-63-20-19-62-18-17-60-2;1-29-7-9-31(10-8-29)33-20-35-25-48-40-23-42(30(2)19-38(40)45(52)50(35)27-33)56-17-6-18-57-44-24-41-39(22-43(44)54-4)46(53)51-28-34(21-36(51)26-49-41)32-11-13-37(14-12-32)55-16-5-15-47-3/h7-14,25,28-34,41-42H,4-6,15-24,26-27,53H2,1-3H3;7-14,19,22-28,35-36,47H,5-6,15-18,20-21H2,1-4H3/t41-,42-;35-,36-/m00/s1. The van der Waals surface area contributed by atoms with Crippen LogP contribution >= 0.6 is 0 Å². The second-order valence-corrected chi connectivity index (χ2v) is 31.3. The number of rotatable bonds is 38. The third-order valence-electron chi connectivity index (χ3n) is 22.7. The first-order valence-electron chi connectivity index (χ1n) is 42.4. The van der Waals surface area contributed by atoms with Crippen molar-refractivity contribution in [1.82, 2.24) is 24.9 Å². The summed E-state index contributed by atoms with van der Waals surface area (Å²) in [6.45, 7) is 13.2. The van der Waals surface area contributed by atoms with E-state index in [1.54, 1.807) is 65.2 Å². The van der Waals surface area contributed by atoms with Crippen molar-refractivity contribution >= 4 is 99.2 Å². The number of carbonyl (C=O) groups is 4. The minimum atomic E-state index is -0.220. The van der Waals surface area contributed by atoms with E-state index in [-0.39, 0.29) is 47.8 Å². The number of aryl methyl sites for hydroxylation is 3. The number of methoxy groups -OCH3 is 3. The van der Waals surface area contributed by atoms with Crippen molar-refractivity contribution in [3.63, 3.8) is 0 Å². The van der Waals surface area contributed by atoms with E-state index in [2.05, 4.69) is 36.5 Å². The number of nitrogens with zero attached hydrogens (tertiary/aromatic N) is 8.